The molecule has 5 nitrogen and oxygen atoms in total. The van der Waals surface area contributed by atoms with Gasteiger partial charge in [0.15, 0.2) is 0 Å². The molecule has 0 saturated carbocycles. The van der Waals surface area contributed by atoms with E-state index in [1.165, 1.54) is 12.1 Å². The lowest BCUT2D eigenvalue weighted by atomic mass is 9.96. The highest BCUT2D eigenvalue weighted by Gasteiger charge is 2.48. The minimum absolute atomic E-state index is 0. The molecule has 4 rings (SSSR count). The molecule has 2 atom stereocenters. The molecule has 150 valence electrons. The van der Waals surface area contributed by atoms with Crippen molar-refractivity contribution in [3.05, 3.63) is 47.4 Å². The van der Waals surface area contributed by atoms with Crippen molar-refractivity contribution in [3.63, 3.8) is 0 Å². The molecule has 0 unspecified atom stereocenters. The number of aromatic nitrogens is 2. The first-order valence-corrected chi connectivity index (χ1v) is 8.86. The van der Waals surface area contributed by atoms with Gasteiger partial charge in [-0.2, -0.15) is 13.2 Å². The third-order valence-corrected chi connectivity index (χ3v) is 5.27. The van der Waals surface area contributed by atoms with Crippen molar-refractivity contribution in [1.29, 1.82) is 0 Å². The molecule has 3 heterocycles. The Labute approximate surface area is 166 Å². The fraction of sp³-hybridized carbons (Fsp3) is 0.421. The first-order chi connectivity index (χ1) is 12.8. The van der Waals surface area contributed by atoms with Crippen molar-refractivity contribution in [2.75, 3.05) is 6.54 Å². The van der Waals surface area contributed by atoms with E-state index in [1.54, 1.807) is 6.07 Å². The van der Waals surface area contributed by atoms with Crippen molar-refractivity contribution in [2.45, 2.75) is 43.9 Å². The maximum Gasteiger partial charge on any atom is 0.416 e. The Kier molecular flexibility index (Phi) is 5.38. The van der Waals surface area contributed by atoms with Gasteiger partial charge >= 0.3 is 6.18 Å². The second-order valence-electron chi connectivity index (χ2n) is 7.15. The van der Waals surface area contributed by atoms with E-state index in [4.69, 9.17) is 0 Å². The molecule has 1 aromatic carbocycles. The largest absolute Gasteiger partial charge is 0.416 e. The summed E-state index contributed by atoms with van der Waals surface area (Å²) in [7, 11) is 0. The van der Waals surface area contributed by atoms with Crippen LogP contribution in [0.2, 0.25) is 0 Å². The fourth-order valence-electron chi connectivity index (χ4n) is 3.84. The number of benzene rings is 1. The zero-order valence-electron chi connectivity index (χ0n) is 15.1. The highest BCUT2D eigenvalue weighted by molar-refractivity contribution is 5.88. The SMILES string of the molecule is Cc1cc(-c2ccc(C(F)(F)F)cc2)nc([C@@H]2CC[C@]3(CCNC3=O)N2)n1.Cl. The zero-order valence-corrected chi connectivity index (χ0v) is 16.0. The second kappa shape index (κ2) is 7.33. The molecule has 2 fully saturated rings. The van der Waals surface area contributed by atoms with Gasteiger partial charge in [-0.15, -0.1) is 12.4 Å². The van der Waals surface area contributed by atoms with E-state index in [9.17, 15) is 18.0 Å². The van der Waals surface area contributed by atoms with Crippen LogP contribution in [-0.2, 0) is 11.0 Å². The molecule has 0 radical (unpaired) electrons. The van der Waals surface area contributed by atoms with Crippen LogP contribution in [0.5, 0.6) is 0 Å². The summed E-state index contributed by atoms with van der Waals surface area (Å²) in [4.78, 5) is 21.2. The van der Waals surface area contributed by atoms with Crippen LogP contribution in [0.1, 0.15) is 42.4 Å². The van der Waals surface area contributed by atoms with Crippen LogP contribution in [0.15, 0.2) is 30.3 Å². The number of hydrogen-bond acceptors (Lipinski definition) is 4. The monoisotopic (exact) mass is 412 g/mol. The summed E-state index contributed by atoms with van der Waals surface area (Å²) in [6.45, 7) is 2.48. The van der Waals surface area contributed by atoms with E-state index in [2.05, 4.69) is 20.6 Å². The highest BCUT2D eigenvalue weighted by Crippen LogP contribution is 2.36. The maximum atomic E-state index is 12.8. The van der Waals surface area contributed by atoms with Gasteiger partial charge < -0.3 is 5.32 Å². The van der Waals surface area contributed by atoms with Crippen LogP contribution in [0.25, 0.3) is 11.3 Å². The minimum Gasteiger partial charge on any atom is -0.354 e. The van der Waals surface area contributed by atoms with Crippen molar-refractivity contribution >= 4 is 18.3 Å². The first-order valence-electron chi connectivity index (χ1n) is 8.86. The number of hydrogen-bond donors (Lipinski definition) is 2. The second-order valence-corrected chi connectivity index (χ2v) is 7.15. The minimum atomic E-state index is -4.37. The smallest absolute Gasteiger partial charge is 0.354 e. The average molecular weight is 413 g/mol. The molecule has 2 saturated heterocycles. The molecule has 1 spiro atoms. The quantitative estimate of drug-likeness (QED) is 0.791. The van der Waals surface area contributed by atoms with Crippen LogP contribution in [0, 0.1) is 6.92 Å². The Hall–Kier alpha value is -2.19. The van der Waals surface area contributed by atoms with Gasteiger partial charge in [0.25, 0.3) is 0 Å². The summed E-state index contributed by atoms with van der Waals surface area (Å²) in [5.74, 6) is 0.585. The molecular formula is C19H20ClF3N4O. The van der Waals surface area contributed by atoms with Gasteiger partial charge in [0.2, 0.25) is 5.91 Å². The normalized spacial score (nSPS) is 24.3. The van der Waals surface area contributed by atoms with Crippen LogP contribution in [0.4, 0.5) is 13.2 Å². The molecule has 28 heavy (non-hydrogen) atoms. The van der Waals surface area contributed by atoms with Gasteiger partial charge in [0, 0.05) is 17.8 Å². The fourth-order valence-corrected chi connectivity index (χ4v) is 3.84. The first kappa shape index (κ1) is 20.5. The summed E-state index contributed by atoms with van der Waals surface area (Å²) in [6.07, 6.45) is -2.17. The number of nitrogens with one attached hydrogen (secondary N) is 2. The van der Waals surface area contributed by atoms with E-state index in [-0.39, 0.29) is 24.4 Å². The average Bonchev–Trinajstić information content (AvgIpc) is 3.21. The molecule has 0 bridgehead atoms. The Morgan fingerprint density at radius 2 is 1.86 bits per heavy atom. The standard InChI is InChI=1S/C19H19F3N4O.ClH/c1-11-10-15(12-2-4-13(5-3-12)19(20,21)22)25-16(24-11)14-6-7-18(26-14)8-9-23-17(18)27;/h2-5,10,14,26H,6-9H2,1H3,(H,23,27);1H/t14-,18+;/m0./s1. The summed E-state index contributed by atoms with van der Waals surface area (Å²) < 4.78 is 38.3. The van der Waals surface area contributed by atoms with E-state index in [1.807, 2.05) is 6.92 Å². The molecule has 1 amide bonds. The van der Waals surface area contributed by atoms with Crippen molar-refractivity contribution in [1.82, 2.24) is 20.6 Å². The molecule has 2 N–H and O–H groups in total. The van der Waals surface area contributed by atoms with Crippen LogP contribution in [0.3, 0.4) is 0 Å². The number of nitrogens with zero attached hydrogens (tertiary/aromatic N) is 2. The summed E-state index contributed by atoms with van der Waals surface area (Å²) in [6, 6.07) is 6.54. The van der Waals surface area contributed by atoms with Gasteiger partial charge in [-0.3, -0.25) is 10.1 Å². The van der Waals surface area contributed by atoms with Gasteiger partial charge in [0.1, 0.15) is 11.4 Å². The molecule has 2 aliphatic rings. The van der Waals surface area contributed by atoms with E-state index in [0.717, 1.165) is 37.1 Å². The predicted molar refractivity (Wildman–Crippen MR) is 99.9 cm³/mol. The third-order valence-electron chi connectivity index (χ3n) is 5.27. The number of halogens is 4. The molecule has 1 aromatic heterocycles. The summed E-state index contributed by atoms with van der Waals surface area (Å²) >= 11 is 0. The summed E-state index contributed by atoms with van der Waals surface area (Å²) in [5, 5.41) is 6.24. The molecule has 2 aromatic rings. The van der Waals surface area contributed by atoms with Gasteiger partial charge in [0.05, 0.1) is 17.3 Å². The number of rotatable bonds is 2. The van der Waals surface area contributed by atoms with E-state index < -0.39 is 17.3 Å². The lowest BCUT2D eigenvalue weighted by molar-refractivity contribution is -0.137. The van der Waals surface area contributed by atoms with Crippen LogP contribution in [-0.4, -0.2) is 28.0 Å². The van der Waals surface area contributed by atoms with Crippen molar-refractivity contribution < 1.29 is 18.0 Å². The number of alkyl halides is 3. The van der Waals surface area contributed by atoms with E-state index >= 15 is 0 Å². The lowest BCUT2D eigenvalue weighted by Gasteiger charge is -2.21. The maximum absolute atomic E-state index is 12.8. The molecular weight excluding hydrogens is 393 g/mol. The highest BCUT2D eigenvalue weighted by atomic mass is 35.5. The molecule has 0 aliphatic carbocycles. The predicted octanol–water partition coefficient (Wildman–Crippen LogP) is 3.58. The van der Waals surface area contributed by atoms with Crippen LogP contribution < -0.4 is 10.6 Å². The van der Waals surface area contributed by atoms with Crippen molar-refractivity contribution in [2.24, 2.45) is 0 Å². The Morgan fingerprint density at radius 3 is 2.46 bits per heavy atom. The number of aryl methyl sites for hydroxylation is 1. The molecule has 9 heteroatoms. The van der Waals surface area contributed by atoms with E-state index in [0.29, 0.717) is 23.6 Å². The summed E-state index contributed by atoms with van der Waals surface area (Å²) in [5.41, 5.74) is 0.662. The number of amides is 1. The Bertz CT molecular complexity index is 888. The van der Waals surface area contributed by atoms with Crippen molar-refractivity contribution in [3.8, 4) is 11.3 Å². The zero-order chi connectivity index (χ0) is 19.2. The number of carbonyl (C=O) groups is 1. The third kappa shape index (κ3) is 3.71. The Balaban J connectivity index is 0.00000225. The van der Waals surface area contributed by atoms with Gasteiger partial charge in [-0.05, 0) is 44.4 Å². The Morgan fingerprint density at radius 1 is 1.14 bits per heavy atom. The topological polar surface area (TPSA) is 66.9 Å². The molecule has 2 aliphatic heterocycles. The lowest BCUT2D eigenvalue weighted by Crippen LogP contribution is -2.47. The van der Waals surface area contributed by atoms with Gasteiger partial charge in [-0.1, -0.05) is 12.1 Å². The number of carbonyl (C=O) groups excluding carboxylic acids is 1. The van der Waals surface area contributed by atoms with Gasteiger partial charge in [-0.25, -0.2) is 9.97 Å². The van der Waals surface area contributed by atoms with Crippen LogP contribution >= 0.6 is 12.4 Å².